The third kappa shape index (κ3) is 5.63. The van der Waals surface area contributed by atoms with E-state index >= 15 is 0 Å². The first-order valence-electron chi connectivity index (χ1n) is 9.70. The molecule has 1 atom stereocenters. The standard InChI is InChI=1S/C19H28ClN7OS/c1-28-13(2-6-21)10-12-4-8-27(9-5-12)15-11-25-19(18(23)26-15)29-14-3-7-24-17(22)16(14)20/h3,7,11-13H,2,4-6,8-10,21H2,1H3,(H2,22,24)(H2,23,26). The largest absolute Gasteiger partial charge is 0.382 e. The van der Waals surface area contributed by atoms with Crippen LogP contribution in [0.15, 0.2) is 28.4 Å². The Labute approximate surface area is 180 Å². The molecule has 0 bridgehead atoms. The summed E-state index contributed by atoms with van der Waals surface area (Å²) in [5.74, 6) is 2.10. The van der Waals surface area contributed by atoms with E-state index < -0.39 is 0 Å². The Morgan fingerprint density at radius 2 is 2.03 bits per heavy atom. The second-order valence-electron chi connectivity index (χ2n) is 7.13. The predicted octanol–water partition coefficient (Wildman–Crippen LogP) is 2.81. The van der Waals surface area contributed by atoms with Crippen LogP contribution in [0.25, 0.3) is 0 Å². The van der Waals surface area contributed by atoms with Gasteiger partial charge >= 0.3 is 0 Å². The van der Waals surface area contributed by atoms with Gasteiger partial charge in [-0.3, -0.25) is 0 Å². The topological polar surface area (TPSA) is 129 Å². The number of piperidine rings is 1. The lowest BCUT2D eigenvalue weighted by atomic mass is 9.90. The van der Waals surface area contributed by atoms with Crippen LogP contribution >= 0.6 is 23.4 Å². The van der Waals surface area contributed by atoms with Crippen molar-refractivity contribution in [2.45, 2.75) is 41.7 Å². The second kappa shape index (κ2) is 10.3. The highest BCUT2D eigenvalue weighted by Gasteiger charge is 2.23. The van der Waals surface area contributed by atoms with Crippen molar-refractivity contribution in [1.29, 1.82) is 0 Å². The molecule has 29 heavy (non-hydrogen) atoms. The minimum atomic E-state index is 0.248. The Kier molecular flexibility index (Phi) is 7.77. The summed E-state index contributed by atoms with van der Waals surface area (Å²) < 4.78 is 5.54. The summed E-state index contributed by atoms with van der Waals surface area (Å²) in [6, 6.07) is 1.78. The molecule has 0 saturated carbocycles. The van der Waals surface area contributed by atoms with Crippen molar-refractivity contribution in [3.63, 3.8) is 0 Å². The normalized spacial score (nSPS) is 16.2. The Hall–Kier alpha value is -1.81. The quantitative estimate of drug-likeness (QED) is 0.570. The monoisotopic (exact) mass is 437 g/mol. The van der Waals surface area contributed by atoms with Gasteiger partial charge in [-0.1, -0.05) is 23.4 Å². The zero-order valence-corrected chi connectivity index (χ0v) is 18.1. The summed E-state index contributed by atoms with van der Waals surface area (Å²) in [5.41, 5.74) is 17.6. The van der Waals surface area contributed by atoms with Crippen molar-refractivity contribution in [2.24, 2.45) is 11.7 Å². The number of nitrogen functional groups attached to an aromatic ring is 2. The van der Waals surface area contributed by atoms with E-state index in [1.165, 1.54) is 11.8 Å². The fourth-order valence-corrected chi connectivity index (χ4v) is 4.54. The Morgan fingerprint density at radius 1 is 1.28 bits per heavy atom. The van der Waals surface area contributed by atoms with Crippen molar-refractivity contribution < 1.29 is 4.74 Å². The minimum Gasteiger partial charge on any atom is -0.382 e. The first kappa shape index (κ1) is 21.9. The third-order valence-electron chi connectivity index (χ3n) is 5.20. The zero-order chi connectivity index (χ0) is 20.8. The average molecular weight is 438 g/mol. The summed E-state index contributed by atoms with van der Waals surface area (Å²) in [6.45, 7) is 2.52. The molecule has 1 fully saturated rings. The lowest BCUT2D eigenvalue weighted by Gasteiger charge is -2.34. The number of ether oxygens (including phenoxy) is 1. The molecule has 0 amide bonds. The molecule has 1 saturated heterocycles. The van der Waals surface area contributed by atoms with E-state index in [-0.39, 0.29) is 11.9 Å². The van der Waals surface area contributed by atoms with Crippen LogP contribution < -0.4 is 22.1 Å². The molecule has 0 aromatic carbocycles. The third-order valence-corrected chi connectivity index (χ3v) is 6.77. The van der Waals surface area contributed by atoms with Crippen molar-refractivity contribution >= 4 is 40.8 Å². The summed E-state index contributed by atoms with van der Waals surface area (Å²) in [7, 11) is 1.76. The smallest absolute Gasteiger partial charge is 0.158 e. The average Bonchev–Trinajstić information content (AvgIpc) is 2.73. The summed E-state index contributed by atoms with van der Waals surface area (Å²) in [6.07, 6.45) is 7.77. The van der Waals surface area contributed by atoms with Gasteiger partial charge in [-0.2, -0.15) is 0 Å². The van der Waals surface area contributed by atoms with Crippen LogP contribution in [-0.4, -0.2) is 47.8 Å². The molecule has 158 valence electrons. The van der Waals surface area contributed by atoms with Crippen molar-refractivity contribution in [3.05, 3.63) is 23.5 Å². The van der Waals surface area contributed by atoms with E-state index in [2.05, 4.69) is 19.9 Å². The van der Waals surface area contributed by atoms with E-state index in [4.69, 9.17) is 33.5 Å². The van der Waals surface area contributed by atoms with Gasteiger partial charge in [-0.15, -0.1) is 0 Å². The van der Waals surface area contributed by atoms with Crippen LogP contribution in [0.3, 0.4) is 0 Å². The van der Waals surface area contributed by atoms with E-state index in [0.29, 0.717) is 28.3 Å². The highest BCUT2D eigenvalue weighted by molar-refractivity contribution is 7.99. The molecular formula is C19H28ClN7OS. The number of anilines is 3. The Balaban J connectivity index is 1.60. The maximum absolute atomic E-state index is 6.21. The lowest BCUT2D eigenvalue weighted by Crippen LogP contribution is -2.36. The van der Waals surface area contributed by atoms with Gasteiger partial charge in [0.15, 0.2) is 5.82 Å². The number of rotatable bonds is 8. The van der Waals surface area contributed by atoms with Crippen LogP contribution in [-0.2, 0) is 4.74 Å². The number of hydrogen-bond donors (Lipinski definition) is 3. The molecular weight excluding hydrogens is 410 g/mol. The number of aromatic nitrogens is 3. The maximum atomic E-state index is 6.21. The molecule has 0 aliphatic carbocycles. The fourth-order valence-electron chi connectivity index (χ4n) is 3.53. The Morgan fingerprint density at radius 3 is 2.69 bits per heavy atom. The van der Waals surface area contributed by atoms with E-state index in [1.54, 1.807) is 25.6 Å². The van der Waals surface area contributed by atoms with E-state index in [1.807, 2.05) is 0 Å². The summed E-state index contributed by atoms with van der Waals surface area (Å²) >= 11 is 7.54. The number of pyridine rings is 1. The molecule has 0 radical (unpaired) electrons. The first-order valence-corrected chi connectivity index (χ1v) is 10.9. The number of nitrogens with two attached hydrogens (primary N) is 3. The lowest BCUT2D eigenvalue weighted by molar-refractivity contribution is 0.0711. The fraction of sp³-hybridized carbons (Fsp3) is 0.526. The van der Waals surface area contributed by atoms with Crippen molar-refractivity contribution in [1.82, 2.24) is 15.0 Å². The first-order chi connectivity index (χ1) is 14.0. The van der Waals surface area contributed by atoms with Crippen molar-refractivity contribution in [3.8, 4) is 0 Å². The van der Waals surface area contributed by atoms with Gasteiger partial charge in [0, 0.05) is 31.3 Å². The maximum Gasteiger partial charge on any atom is 0.158 e. The van der Waals surface area contributed by atoms with Crippen LogP contribution in [0.4, 0.5) is 17.5 Å². The van der Waals surface area contributed by atoms with Gasteiger partial charge in [0.25, 0.3) is 0 Å². The highest BCUT2D eigenvalue weighted by Crippen LogP contribution is 2.37. The molecule has 1 aliphatic heterocycles. The van der Waals surface area contributed by atoms with Gasteiger partial charge in [0.05, 0.1) is 17.3 Å². The number of methoxy groups -OCH3 is 1. The van der Waals surface area contributed by atoms with Crippen molar-refractivity contribution in [2.75, 3.05) is 43.1 Å². The summed E-state index contributed by atoms with van der Waals surface area (Å²) in [4.78, 5) is 16.0. The van der Waals surface area contributed by atoms with Crippen LogP contribution in [0.5, 0.6) is 0 Å². The number of halogens is 1. The van der Waals surface area contributed by atoms with E-state index in [0.717, 1.165) is 49.5 Å². The van der Waals surface area contributed by atoms with Gasteiger partial charge < -0.3 is 26.8 Å². The van der Waals surface area contributed by atoms with Crippen LogP contribution in [0.1, 0.15) is 25.7 Å². The molecule has 2 aromatic rings. The van der Waals surface area contributed by atoms with Gasteiger partial charge in [-0.25, -0.2) is 15.0 Å². The molecule has 3 rings (SSSR count). The SMILES string of the molecule is COC(CCN)CC1CCN(c2cnc(Sc3ccnc(N)c3Cl)c(N)n2)CC1. The molecule has 6 N–H and O–H groups in total. The molecule has 2 aromatic heterocycles. The van der Waals surface area contributed by atoms with Crippen LogP contribution in [0, 0.1) is 5.92 Å². The summed E-state index contributed by atoms with van der Waals surface area (Å²) in [5, 5.41) is 0.995. The second-order valence-corrected chi connectivity index (χ2v) is 8.54. The van der Waals surface area contributed by atoms with Gasteiger partial charge in [0.1, 0.15) is 16.7 Å². The molecule has 3 heterocycles. The molecule has 1 unspecified atom stereocenters. The molecule has 8 nitrogen and oxygen atoms in total. The molecule has 0 spiro atoms. The van der Waals surface area contributed by atoms with Gasteiger partial charge in [-0.05, 0) is 44.2 Å². The molecule has 10 heteroatoms. The number of nitrogens with zero attached hydrogens (tertiary/aromatic N) is 4. The predicted molar refractivity (Wildman–Crippen MR) is 118 cm³/mol. The Bertz CT molecular complexity index is 817. The number of hydrogen-bond acceptors (Lipinski definition) is 9. The molecule has 1 aliphatic rings. The van der Waals surface area contributed by atoms with Crippen LogP contribution in [0.2, 0.25) is 5.02 Å². The highest BCUT2D eigenvalue weighted by atomic mass is 35.5. The zero-order valence-electron chi connectivity index (χ0n) is 16.6. The minimum absolute atomic E-state index is 0.248. The van der Waals surface area contributed by atoms with E-state index in [9.17, 15) is 0 Å². The van der Waals surface area contributed by atoms with Gasteiger partial charge in [0.2, 0.25) is 0 Å².